The van der Waals surface area contributed by atoms with E-state index in [1.54, 1.807) is 20.3 Å². The van der Waals surface area contributed by atoms with Gasteiger partial charge in [-0.15, -0.1) is 0 Å². The van der Waals surface area contributed by atoms with Gasteiger partial charge >= 0.3 is 0 Å². The first-order valence-electron chi connectivity index (χ1n) is 10.4. The zero-order valence-electron chi connectivity index (χ0n) is 17.4. The summed E-state index contributed by atoms with van der Waals surface area (Å²) in [5.74, 6) is -0.244. The number of likely N-dealkylation sites (N-methyl/N-ethyl adjacent to an activating group) is 1. The number of likely N-dealkylation sites (tertiary alicyclic amines) is 1. The molecule has 1 aliphatic carbocycles. The number of carbonyl (C=O) groups excluding carboxylic acids is 1. The minimum Gasteiger partial charge on any atom is -0.366 e. The maximum absolute atomic E-state index is 14.1. The lowest BCUT2D eigenvalue weighted by Gasteiger charge is -2.38. The highest BCUT2D eigenvalue weighted by atomic mass is 19.1. The maximum Gasteiger partial charge on any atom is 0.248 e. The fourth-order valence-corrected chi connectivity index (χ4v) is 4.75. The minimum absolute atomic E-state index is 0.0529. The van der Waals surface area contributed by atoms with Crippen LogP contribution in [0.15, 0.2) is 36.7 Å². The summed E-state index contributed by atoms with van der Waals surface area (Å²) in [5.41, 5.74) is 0.517. The van der Waals surface area contributed by atoms with Crippen molar-refractivity contribution >= 4 is 5.91 Å². The quantitative estimate of drug-likeness (QED) is 0.724. The van der Waals surface area contributed by atoms with E-state index in [0.29, 0.717) is 23.9 Å². The molecule has 1 aromatic heterocycles. The van der Waals surface area contributed by atoms with E-state index in [1.165, 1.54) is 17.0 Å². The van der Waals surface area contributed by atoms with Crippen LogP contribution in [0.4, 0.5) is 8.78 Å². The summed E-state index contributed by atoms with van der Waals surface area (Å²) in [4.78, 5) is 15.8. The summed E-state index contributed by atoms with van der Waals surface area (Å²) >= 11 is 0. The third kappa shape index (κ3) is 4.54. The van der Waals surface area contributed by atoms with E-state index >= 15 is 0 Å². The van der Waals surface area contributed by atoms with Crippen LogP contribution in [-0.4, -0.2) is 65.4 Å². The molecule has 1 aromatic carbocycles. The van der Waals surface area contributed by atoms with E-state index in [2.05, 4.69) is 10.00 Å². The van der Waals surface area contributed by atoms with Gasteiger partial charge < -0.3 is 9.64 Å². The van der Waals surface area contributed by atoms with Crippen molar-refractivity contribution in [3.63, 3.8) is 0 Å². The third-order valence-corrected chi connectivity index (χ3v) is 6.35. The van der Waals surface area contributed by atoms with Crippen LogP contribution in [0.2, 0.25) is 0 Å². The second-order valence-electron chi connectivity index (χ2n) is 8.61. The number of carbonyl (C=O) groups is 1. The summed E-state index contributed by atoms with van der Waals surface area (Å²) in [5, 5.41) is 4.42. The summed E-state index contributed by atoms with van der Waals surface area (Å²) < 4.78 is 35.3. The van der Waals surface area contributed by atoms with Crippen molar-refractivity contribution in [2.45, 2.75) is 31.5 Å². The molecule has 1 saturated heterocycles. The number of nitrogens with zero attached hydrogens (tertiary/aromatic N) is 4. The molecule has 4 atom stereocenters. The van der Waals surface area contributed by atoms with Gasteiger partial charge in [-0.25, -0.2) is 8.78 Å². The summed E-state index contributed by atoms with van der Waals surface area (Å²) in [7, 11) is 3.44. The van der Waals surface area contributed by atoms with E-state index in [4.69, 9.17) is 4.74 Å². The first-order chi connectivity index (χ1) is 14.4. The first-order valence-corrected chi connectivity index (χ1v) is 10.4. The van der Waals surface area contributed by atoms with Gasteiger partial charge in [-0.2, -0.15) is 5.10 Å². The maximum atomic E-state index is 14.1. The molecule has 0 N–H and O–H groups in total. The number of benzene rings is 1. The molecule has 0 spiro atoms. The van der Waals surface area contributed by atoms with Crippen molar-refractivity contribution in [2.75, 3.05) is 33.8 Å². The first kappa shape index (κ1) is 20.9. The molecule has 2 heterocycles. The predicted octanol–water partition coefficient (Wildman–Crippen LogP) is 2.72. The number of aromatic nitrogens is 2. The molecule has 0 unspecified atom stereocenters. The second-order valence-corrected chi connectivity index (χ2v) is 8.61. The number of hydrogen-bond acceptors (Lipinski definition) is 4. The number of halogens is 2. The molecule has 1 aliphatic heterocycles. The van der Waals surface area contributed by atoms with Crippen LogP contribution in [0.3, 0.4) is 0 Å². The molecular weight excluding hydrogens is 390 g/mol. The molecule has 0 radical (unpaired) electrons. The van der Waals surface area contributed by atoms with Gasteiger partial charge in [0.05, 0.1) is 12.1 Å². The van der Waals surface area contributed by atoms with Crippen molar-refractivity contribution in [1.29, 1.82) is 0 Å². The van der Waals surface area contributed by atoms with Crippen molar-refractivity contribution in [3.8, 4) is 0 Å². The second kappa shape index (κ2) is 8.81. The van der Waals surface area contributed by atoms with E-state index in [-0.39, 0.29) is 24.7 Å². The fraction of sp³-hybridized carbons (Fsp3) is 0.545. The topological polar surface area (TPSA) is 50.6 Å². The van der Waals surface area contributed by atoms with Crippen molar-refractivity contribution in [2.24, 2.45) is 11.8 Å². The Labute approximate surface area is 175 Å². The van der Waals surface area contributed by atoms with Crippen LogP contribution in [0.5, 0.6) is 0 Å². The summed E-state index contributed by atoms with van der Waals surface area (Å²) in [6.45, 7) is 2.23. The Hall–Kier alpha value is -2.32. The van der Waals surface area contributed by atoms with Crippen LogP contribution in [0, 0.1) is 23.5 Å². The molecule has 8 heteroatoms. The number of fused-ring (bicyclic) bond motifs is 1. The SMILES string of the molecule is CN(C)C(=O)CO[C@H]1C[C@@H]2CN(Cc3ccc(F)cc3F)C[C@@H]2C[C@@H]1n1cccn1. The van der Waals surface area contributed by atoms with Gasteiger partial charge in [-0.3, -0.25) is 14.4 Å². The average Bonchev–Trinajstić information content (AvgIpc) is 3.36. The Balaban J connectivity index is 1.44. The van der Waals surface area contributed by atoms with Crippen molar-refractivity contribution < 1.29 is 18.3 Å². The molecule has 6 nitrogen and oxygen atoms in total. The van der Waals surface area contributed by atoms with Crippen LogP contribution >= 0.6 is 0 Å². The molecule has 162 valence electrons. The molecule has 2 aliphatic rings. The smallest absolute Gasteiger partial charge is 0.248 e. The van der Waals surface area contributed by atoms with E-state index in [1.807, 2.05) is 16.9 Å². The minimum atomic E-state index is -0.555. The normalized spacial score (nSPS) is 26.5. The standard InChI is InChI=1S/C22H28F2N4O2/c1-26(2)22(29)14-30-21-9-17-13-27(11-15-4-5-18(23)10-19(15)24)12-16(17)8-20(21)28-7-3-6-25-28/h3-7,10,16-17,20-21H,8-9,11-14H2,1-2H3/t16-,17+,20-,21-/m0/s1. The average molecular weight is 418 g/mol. The van der Waals surface area contributed by atoms with E-state index < -0.39 is 11.6 Å². The Kier molecular flexibility index (Phi) is 6.15. The number of ether oxygens (including phenoxy) is 1. The monoisotopic (exact) mass is 418 g/mol. The predicted molar refractivity (Wildman–Crippen MR) is 108 cm³/mol. The molecule has 0 bridgehead atoms. The highest BCUT2D eigenvalue weighted by molar-refractivity contribution is 5.76. The summed E-state index contributed by atoms with van der Waals surface area (Å²) in [6.07, 6.45) is 5.33. The highest BCUT2D eigenvalue weighted by Crippen LogP contribution is 2.42. The van der Waals surface area contributed by atoms with Gasteiger partial charge in [-0.1, -0.05) is 6.07 Å². The zero-order valence-corrected chi connectivity index (χ0v) is 17.4. The van der Waals surface area contributed by atoms with Gasteiger partial charge in [0.25, 0.3) is 0 Å². The number of amides is 1. The van der Waals surface area contributed by atoms with Crippen LogP contribution < -0.4 is 0 Å². The fourth-order valence-electron chi connectivity index (χ4n) is 4.75. The van der Waals surface area contributed by atoms with Crippen molar-refractivity contribution in [1.82, 2.24) is 19.6 Å². The van der Waals surface area contributed by atoms with Gasteiger partial charge in [0, 0.05) is 57.8 Å². The van der Waals surface area contributed by atoms with Gasteiger partial charge in [0.2, 0.25) is 5.91 Å². The van der Waals surface area contributed by atoms with Crippen LogP contribution in [0.25, 0.3) is 0 Å². The molecule has 30 heavy (non-hydrogen) atoms. The van der Waals surface area contributed by atoms with E-state index in [9.17, 15) is 13.6 Å². The lowest BCUT2D eigenvalue weighted by atomic mass is 9.77. The van der Waals surface area contributed by atoms with Gasteiger partial charge in [-0.05, 0) is 36.8 Å². The molecule has 4 rings (SSSR count). The Morgan fingerprint density at radius 1 is 1.23 bits per heavy atom. The van der Waals surface area contributed by atoms with Gasteiger partial charge in [0.15, 0.2) is 0 Å². The molecule has 1 amide bonds. The highest BCUT2D eigenvalue weighted by Gasteiger charge is 2.43. The molecular formula is C22H28F2N4O2. The Bertz CT molecular complexity index is 874. The lowest BCUT2D eigenvalue weighted by Crippen LogP contribution is -2.40. The third-order valence-electron chi connectivity index (χ3n) is 6.35. The van der Waals surface area contributed by atoms with E-state index in [0.717, 1.165) is 32.0 Å². The molecule has 2 fully saturated rings. The molecule has 1 saturated carbocycles. The lowest BCUT2D eigenvalue weighted by molar-refractivity contribution is -0.138. The largest absolute Gasteiger partial charge is 0.366 e. The number of rotatable bonds is 6. The molecule has 2 aromatic rings. The van der Waals surface area contributed by atoms with Crippen molar-refractivity contribution in [3.05, 3.63) is 53.9 Å². The number of hydrogen-bond donors (Lipinski definition) is 0. The Morgan fingerprint density at radius 2 is 2.00 bits per heavy atom. The summed E-state index contributed by atoms with van der Waals surface area (Å²) in [6, 6.07) is 5.74. The van der Waals surface area contributed by atoms with Gasteiger partial charge in [0.1, 0.15) is 18.2 Å². The Morgan fingerprint density at radius 3 is 2.67 bits per heavy atom. The van der Waals surface area contributed by atoms with Crippen LogP contribution in [0.1, 0.15) is 24.4 Å². The van der Waals surface area contributed by atoms with Crippen LogP contribution in [-0.2, 0) is 16.1 Å². The zero-order chi connectivity index (χ0) is 21.3.